The van der Waals surface area contributed by atoms with Crippen molar-refractivity contribution in [1.29, 1.82) is 0 Å². The summed E-state index contributed by atoms with van der Waals surface area (Å²) in [6, 6.07) is 15.1. The molecule has 1 atom stereocenters. The third-order valence-electron chi connectivity index (χ3n) is 4.18. The van der Waals surface area contributed by atoms with Gasteiger partial charge in [-0.25, -0.2) is 0 Å². The SMILES string of the molecule is Cc1ccc(N=CC2=C(O)CC(c3cccc(Cl)c3)CC2=O)cc1. The van der Waals surface area contributed by atoms with Crippen molar-refractivity contribution in [3.63, 3.8) is 0 Å². The summed E-state index contributed by atoms with van der Waals surface area (Å²) in [7, 11) is 0. The highest BCUT2D eigenvalue weighted by molar-refractivity contribution is 6.30. The Morgan fingerprint density at radius 2 is 1.92 bits per heavy atom. The molecule has 0 fully saturated rings. The molecule has 1 aliphatic rings. The Labute approximate surface area is 146 Å². The molecule has 0 bridgehead atoms. The molecule has 0 radical (unpaired) electrons. The van der Waals surface area contributed by atoms with Crippen molar-refractivity contribution in [2.24, 2.45) is 4.99 Å². The number of allylic oxidation sites excluding steroid dienone is 2. The third kappa shape index (κ3) is 3.74. The number of hydrogen-bond donors (Lipinski definition) is 1. The summed E-state index contributed by atoms with van der Waals surface area (Å²) in [4.78, 5) is 16.7. The Balaban J connectivity index is 1.81. The van der Waals surface area contributed by atoms with Gasteiger partial charge >= 0.3 is 0 Å². The van der Waals surface area contributed by atoms with E-state index in [2.05, 4.69) is 4.99 Å². The third-order valence-corrected chi connectivity index (χ3v) is 4.41. The van der Waals surface area contributed by atoms with Gasteiger partial charge in [0.25, 0.3) is 0 Å². The van der Waals surface area contributed by atoms with E-state index in [-0.39, 0.29) is 17.5 Å². The largest absolute Gasteiger partial charge is 0.511 e. The lowest BCUT2D eigenvalue weighted by molar-refractivity contribution is -0.116. The van der Waals surface area contributed by atoms with Crippen LogP contribution in [0, 0.1) is 6.92 Å². The molecule has 0 saturated heterocycles. The van der Waals surface area contributed by atoms with E-state index in [1.807, 2.05) is 49.4 Å². The Morgan fingerprint density at radius 1 is 1.17 bits per heavy atom. The van der Waals surface area contributed by atoms with Crippen LogP contribution < -0.4 is 0 Å². The summed E-state index contributed by atoms with van der Waals surface area (Å²) >= 11 is 6.01. The number of carbonyl (C=O) groups excluding carboxylic acids is 1. The summed E-state index contributed by atoms with van der Waals surface area (Å²) in [5, 5.41) is 10.9. The molecular weight excluding hydrogens is 322 g/mol. The van der Waals surface area contributed by atoms with Crippen LogP contribution in [0.3, 0.4) is 0 Å². The first kappa shape index (κ1) is 16.5. The highest BCUT2D eigenvalue weighted by Gasteiger charge is 2.27. The Kier molecular flexibility index (Phi) is 4.81. The molecule has 3 rings (SSSR count). The second-order valence-corrected chi connectivity index (χ2v) is 6.47. The normalized spacial score (nSPS) is 18.4. The minimum absolute atomic E-state index is 0.0484. The van der Waals surface area contributed by atoms with Crippen molar-refractivity contribution in [2.75, 3.05) is 0 Å². The van der Waals surface area contributed by atoms with Crippen molar-refractivity contribution in [3.8, 4) is 0 Å². The van der Waals surface area contributed by atoms with Crippen molar-refractivity contribution < 1.29 is 9.90 Å². The van der Waals surface area contributed by atoms with Crippen LogP contribution in [-0.2, 0) is 4.79 Å². The number of hydrogen-bond acceptors (Lipinski definition) is 3. The van der Waals surface area contributed by atoms with E-state index in [0.717, 1.165) is 16.8 Å². The zero-order valence-electron chi connectivity index (χ0n) is 13.4. The molecule has 0 amide bonds. The number of carbonyl (C=O) groups is 1. The van der Waals surface area contributed by atoms with E-state index >= 15 is 0 Å². The van der Waals surface area contributed by atoms with Gasteiger partial charge in [0.1, 0.15) is 5.76 Å². The molecule has 0 aliphatic heterocycles. The second kappa shape index (κ2) is 7.02. The van der Waals surface area contributed by atoms with E-state index in [4.69, 9.17) is 11.6 Å². The van der Waals surface area contributed by atoms with E-state index in [9.17, 15) is 9.90 Å². The maximum atomic E-state index is 12.4. The van der Waals surface area contributed by atoms with Crippen LogP contribution in [0.15, 0.2) is 64.9 Å². The van der Waals surface area contributed by atoms with Gasteiger partial charge in [-0.05, 0) is 42.7 Å². The fourth-order valence-electron chi connectivity index (χ4n) is 2.82. The van der Waals surface area contributed by atoms with Crippen LogP contribution in [0.25, 0.3) is 0 Å². The van der Waals surface area contributed by atoms with Crippen molar-refractivity contribution in [1.82, 2.24) is 0 Å². The maximum absolute atomic E-state index is 12.4. The fraction of sp³-hybridized carbons (Fsp3) is 0.200. The molecule has 3 nitrogen and oxygen atoms in total. The number of benzene rings is 2. The van der Waals surface area contributed by atoms with Crippen LogP contribution in [0.2, 0.25) is 5.02 Å². The molecule has 2 aromatic carbocycles. The molecule has 1 aliphatic carbocycles. The van der Waals surface area contributed by atoms with Crippen molar-refractivity contribution in [2.45, 2.75) is 25.7 Å². The van der Waals surface area contributed by atoms with Crippen LogP contribution in [0.5, 0.6) is 0 Å². The molecule has 0 spiro atoms. The minimum Gasteiger partial charge on any atom is -0.511 e. The van der Waals surface area contributed by atoms with E-state index in [1.54, 1.807) is 6.07 Å². The topological polar surface area (TPSA) is 49.7 Å². The average molecular weight is 340 g/mol. The van der Waals surface area contributed by atoms with Gasteiger partial charge in [0.2, 0.25) is 0 Å². The van der Waals surface area contributed by atoms with E-state index in [0.29, 0.717) is 23.4 Å². The minimum atomic E-state index is -0.0976. The first-order chi connectivity index (χ1) is 11.5. The summed E-state index contributed by atoms with van der Waals surface area (Å²) in [5.74, 6) is -0.0561. The predicted octanol–water partition coefficient (Wildman–Crippen LogP) is 5.31. The van der Waals surface area contributed by atoms with Crippen LogP contribution in [0.4, 0.5) is 5.69 Å². The van der Waals surface area contributed by atoms with E-state index < -0.39 is 0 Å². The Morgan fingerprint density at radius 3 is 2.58 bits per heavy atom. The van der Waals surface area contributed by atoms with Crippen LogP contribution in [0.1, 0.15) is 29.9 Å². The molecular formula is C20H18ClNO2. The molecule has 0 saturated carbocycles. The Bertz CT molecular complexity index is 822. The molecule has 1 N–H and O–H groups in total. The van der Waals surface area contributed by atoms with Gasteiger partial charge in [-0.3, -0.25) is 9.79 Å². The smallest absolute Gasteiger partial charge is 0.168 e. The summed E-state index contributed by atoms with van der Waals surface area (Å²) in [6.45, 7) is 2.00. The summed E-state index contributed by atoms with van der Waals surface area (Å²) in [5.41, 5.74) is 3.17. The number of halogens is 1. The molecule has 2 aromatic rings. The number of Topliss-reactive ketones (excluding diaryl/α,β-unsaturated/α-hetero) is 1. The number of aliphatic hydroxyl groups excluding tert-OH is 1. The van der Waals surface area contributed by atoms with Crippen molar-refractivity contribution >= 4 is 29.3 Å². The predicted molar refractivity (Wildman–Crippen MR) is 97.4 cm³/mol. The molecule has 0 aromatic heterocycles. The quantitative estimate of drug-likeness (QED) is 0.770. The van der Waals surface area contributed by atoms with Gasteiger partial charge in [0.05, 0.1) is 11.3 Å². The maximum Gasteiger partial charge on any atom is 0.168 e. The standard InChI is InChI=1S/C20H18ClNO2/c1-13-5-7-17(8-6-13)22-12-18-19(23)10-15(11-20(18)24)14-3-2-4-16(21)9-14/h2-9,12,15,23H,10-11H2,1H3. The second-order valence-electron chi connectivity index (χ2n) is 6.04. The van der Waals surface area contributed by atoms with Gasteiger partial charge in [0.15, 0.2) is 5.78 Å². The first-order valence-corrected chi connectivity index (χ1v) is 8.22. The van der Waals surface area contributed by atoms with E-state index in [1.165, 1.54) is 6.21 Å². The van der Waals surface area contributed by atoms with Gasteiger partial charge in [-0.2, -0.15) is 0 Å². The highest BCUT2D eigenvalue weighted by atomic mass is 35.5. The van der Waals surface area contributed by atoms with Gasteiger partial charge < -0.3 is 5.11 Å². The Hall–Kier alpha value is -2.39. The number of aliphatic hydroxyl groups is 1. The number of aliphatic imine (C=N–C) groups is 1. The van der Waals surface area contributed by atoms with Crippen LogP contribution in [-0.4, -0.2) is 17.1 Å². The van der Waals surface area contributed by atoms with Crippen molar-refractivity contribution in [3.05, 3.63) is 76.0 Å². The summed E-state index contributed by atoms with van der Waals surface area (Å²) in [6.07, 6.45) is 2.23. The molecule has 4 heteroatoms. The number of rotatable bonds is 3. The lowest BCUT2D eigenvalue weighted by Gasteiger charge is -2.22. The number of aryl methyl sites for hydroxylation is 1. The first-order valence-electron chi connectivity index (χ1n) is 7.84. The number of ketones is 1. The monoisotopic (exact) mass is 339 g/mol. The molecule has 122 valence electrons. The van der Waals surface area contributed by atoms with Crippen LogP contribution >= 0.6 is 11.6 Å². The lowest BCUT2D eigenvalue weighted by atomic mass is 9.83. The molecule has 1 unspecified atom stereocenters. The molecule has 0 heterocycles. The molecule has 24 heavy (non-hydrogen) atoms. The van der Waals surface area contributed by atoms with Gasteiger partial charge in [0, 0.05) is 24.1 Å². The number of nitrogens with zero attached hydrogens (tertiary/aromatic N) is 1. The zero-order chi connectivity index (χ0) is 17.1. The van der Waals surface area contributed by atoms with Gasteiger partial charge in [-0.1, -0.05) is 41.4 Å². The fourth-order valence-corrected chi connectivity index (χ4v) is 3.02. The average Bonchev–Trinajstić information content (AvgIpc) is 2.55. The highest BCUT2D eigenvalue weighted by Crippen LogP contribution is 2.34. The van der Waals surface area contributed by atoms with Gasteiger partial charge in [-0.15, -0.1) is 0 Å². The lowest BCUT2D eigenvalue weighted by Crippen LogP contribution is -2.19. The summed E-state index contributed by atoms with van der Waals surface area (Å²) < 4.78 is 0. The zero-order valence-corrected chi connectivity index (χ0v) is 14.1.